The van der Waals surface area contributed by atoms with E-state index in [1.165, 1.54) is 11.1 Å². The van der Waals surface area contributed by atoms with Crippen LogP contribution in [0.2, 0.25) is 0 Å². The van der Waals surface area contributed by atoms with E-state index in [9.17, 15) is 0 Å². The van der Waals surface area contributed by atoms with E-state index in [1.54, 1.807) is 6.20 Å². The Morgan fingerprint density at radius 1 is 1.41 bits per heavy atom. The standard InChI is InChI=1S/C14H19N3/c1-11-4-3-5-13(10-11)12(2)15-7-6-14-16-8-9-17-14/h3-5,8-10,12,15H,6-7H2,1-2H3,(H,16,17). The fraction of sp³-hybridized carbons (Fsp3) is 0.357. The molecule has 2 N–H and O–H groups in total. The van der Waals surface area contributed by atoms with Gasteiger partial charge in [-0.3, -0.25) is 0 Å². The third-order valence-corrected chi connectivity index (χ3v) is 2.91. The van der Waals surface area contributed by atoms with Crippen molar-refractivity contribution in [3.8, 4) is 0 Å². The first-order valence-electron chi connectivity index (χ1n) is 6.04. The minimum absolute atomic E-state index is 0.380. The third kappa shape index (κ3) is 3.43. The van der Waals surface area contributed by atoms with Gasteiger partial charge in [-0.25, -0.2) is 4.98 Å². The zero-order valence-electron chi connectivity index (χ0n) is 10.4. The highest BCUT2D eigenvalue weighted by atomic mass is 14.9. The number of nitrogens with one attached hydrogen (secondary N) is 2. The molecule has 0 saturated heterocycles. The lowest BCUT2D eigenvalue weighted by Gasteiger charge is -2.14. The van der Waals surface area contributed by atoms with Crippen molar-refractivity contribution in [2.75, 3.05) is 6.54 Å². The lowest BCUT2D eigenvalue weighted by Crippen LogP contribution is -2.21. The van der Waals surface area contributed by atoms with Crippen LogP contribution in [0, 0.1) is 6.92 Å². The minimum Gasteiger partial charge on any atom is -0.349 e. The first-order valence-corrected chi connectivity index (χ1v) is 6.04. The smallest absolute Gasteiger partial charge is 0.107 e. The van der Waals surface area contributed by atoms with E-state index in [0.29, 0.717) is 6.04 Å². The summed E-state index contributed by atoms with van der Waals surface area (Å²) in [5.41, 5.74) is 2.65. The zero-order chi connectivity index (χ0) is 12.1. The van der Waals surface area contributed by atoms with Gasteiger partial charge in [-0.1, -0.05) is 29.8 Å². The van der Waals surface area contributed by atoms with Gasteiger partial charge in [0.25, 0.3) is 0 Å². The lowest BCUT2D eigenvalue weighted by molar-refractivity contribution is 0.571. The second-order valence-corrected chi connectivity index (χ2v) is 4.38. The van der Waals surface area contributed by atoms with Gasteiger partial charge < -0.3 is 10.3 Å². The predicted molar refractivity (Wildman–Crippen MR) is 69.9 cm³/mol. The molecule has 0 aliphatic carbocycles. The van der Waals surface area contributed by atoms with Gasteiger partial charge in [-0.15, -0.1) is 0 Å². The number of nitrogens with zero attached hydrogens (tertiary/aromatic N) is 1. The van der Waals surface area contributed by atoms with Gasteiger partial charge >= 0.3 is 0 Å². The topological polar surface area (TPSA) is 40.7 Å². The zero-order valence-corrected chi connectivity index (χ0v) is 10.4. The number of rotatable bonds is 5. The largest absolute Gasteiger partial charge is 0.349 e. The molecule has 0 aliphatic heterocycles. The Morgan fingerprint density at radius 3 is 3.00 bits per heavy atom. The molecule has 0 bridgehead atoms. The fourth-order valence-electron chi connectivity index (χ4n) is 1.90. The number of hydrogen-bond acceptors (Lipinski definition) is 2. The maximum Gasteiger partial charge on any atom is 0.107 e. The summed E-state index contributed by atoms with van der Waals surface area (Å²) in [7, 11) is 0. The second kappa shape index (κ2) is 5.64. The highest BCUT2D eigenvalue weighted by molar-refractivity contribution is 5.24. The number of H-pyrrole nitrogens is 1. The average Bonchev–Trinajstić information content (AvgIpc) is 2.82. The van der Waals surface area contributed by atoms with E-state index < -0.39 is 0 Å². The molecule has 0 spiro atoms. The fourth-order valence-corrected chi connectivity index (χ4v) is 1.90. The van der Waals surface area contributed by atoms with Gasteiger partial charge in [0.1, 0.15) is 5.82 Å². The van der Waals surface area contributed by atoms with Crippen molar-refractivity contribution < 1.29 is 0 Å². The molecule has 1 atom stereocenters. The van der Waals surface area contributed by atoms with Crippen molar-refractivity contribution in [1.29, 1.82) is 0 Å². The Bertz CT molecular complexity index is 448. The summed E-state index contributed by atoms with van der Waals surface area (Å²) in [6, 6.07) is 9.00. The quantitative estimate of drug-likeness (QED) is 0.827. The van der Waals surface area contributed by atoms with E-state index in [0.717, 1.165) is 18.8 Å². The molecule has 0 fully saturated rings. The molecule has 1 heterocycles. The Kier molecular flexibility index (Phi) is 3.94. The van der Waals surface area contributed by atoms with Crippen molar-refractivity contribution in [3.05, 3.63) is 53.6 Å². The molecule has 1 aromatic carbocycles. The third-order valence-electron chi connectivity index (χ3n) is 2.91. The molecule has 2 aromatic rings. The van der Waals surface area contributed by atoms with Gasteiger partial charge in [-0.2, -0.15) is 0 Å². The van der Waals surface area contributed by atoms with E-state index >= 15 is 0 Å². The number of benzene rings is 1. The second-order valence-electron chi connectivity index (χ2n) is 4.38. The van der Waals surface area contributed by atoms with Crippen LogP contribution < -0.4 is 5.32 Å². The normalized spacial score (nSPS) is 12.6. The van der Waals surface area contributed by atoms with E-state index in [4.69, 9.17) is 0 Å². The van der Waals surface area contributed by atoms with Crippen LogP contribution in [0.5, 0.6) is 0 Å². The van der Waals surface area contributed by atoms with Gasteiger partial charge in [0, 0.05) is 31.4 Å². The first-order chi connectivity index (χ1) is 8.25. The number of aromatic amines is 1. The van der Waals surface area contributed by atoms with Crippen molar-refractivity contribution in [3.63, 3.8) is 0 Å². The number of hydrogen-bond donors (Lipinski definition) is 2. The van der Waals surface area contributed by atoms with Crippen molar-refractivity contribution in [1.82, 2.24) is 15.3 Å². The van der Waals surface area contributed by atoms with Crippen LogP contribution in [0.25, 0.3) is 0 Å². The summed E-state index contributed by atoms with van der Waals surface area (Å²) in [5.74, 6) is 1.04. The molecule has 3 nitrogen and oxygen atoms in total. The maximum atomic E-state index is 4.20. The lowest BCUT2D eigenvalue weighted by atomic mass is 10.1. The molecule has 3 heteroatoms. The van der Waals surface area contributed by atoms with Crippen molar-refractivity contribution >= 4 is 0 Å². The molecule has 1 aromatic heterocycles. The average molecular weight is 229 g/mol. The highest BCUT2D eigenvalue weighted by Crippen LogP contribution is 2.13. The van der Waals surface area contributed by atoms with Gasteiger partial charge in [0.15, 0.2) is 0 Å². The van der Waals surface area contributed by atoms with Crippen molar-refractivity contribution in [2.45, 2.75) is 26.3 Å². The summed E-state index contributed by atoms with van der Waals surface area (Å²) in [4.78, 5) is 7.31. The van der Waals surface area contributed by atoms with Crippen LogP contribution in [0.1, 0.15) is 29.9 Å². The molecular weight excluding hydrogens is 210 g/mol. The SMILES string of the molecule is Cc1cccc(C(C)NCCc2ncc[nH]2)c1. The molecule has 1 unspecified atom stereocenters. The van der Waals surface area contributed by atoms with Crippen LogP contribution in [-0.4, -0.2) is 16.5 Å². The Hall–Kier alpha value is -1.61. The molecule has 0 saturated carbocycles. The summed E-state index contributed by atoms with van der Waals surface area (Å²) in [5, 5.41) is 3.50. The predicted octanol–water partition coefficient (Wildman–Crippen LogP) is 2.61. The monoisotopic (exact) mass is 229 g/mol. The molecule has 0 aliphatic rings. The summed E-state index contributed by atoms with van der Waals surface area (Å²) < 4.78 is 0. The van der Waals surface area contributed by atoms with E-state index in [1.807, 2.05) is 6.20 Å². The summed E-state index contributed by atoms with van der Waals surface area (Å²) >= 11 is 0. The van der Waals surface area contributed by atoms with Crippen LogP contribution in [-0.2, 0) is 6.42 Å². The Morgan fingerprint density at radius 2 is 2.29 bits per heavy atom. The Labute approximate surface area is 102 Å². The molecule has 17 heavy (non-hydrogen) atoms. The van der Waals surface area contributed by atoms with Crippen molar-refractivity contribution in [2.24, 2.45) is 0 Å². The summed E-state index contributed by atoms with van der Waals surface area (Å²) in [6.45, 7) is 5.25. The molecule has 2 rings (SSSR count). The highest BCUT2D eigenvalue weighted by Gasteiger charge is 2.04. The van der Waals surface area contributed by atoms with Crippen LogP contribution in [0.4, 0.5) is 0 Å². The Balaban J connectivity index is 1.83. The van der Waals surface area contributed by atoms with Gasteiger partial charge in [-0.05, 0) is 19.4 Å². The number of aromatic nitrogens is 2. The number of imidazole rings is 1. The van der Waals surface area contributed by atoms with Crippen LogP contribution in [0.3, 0.4) is 0 Å². The van der Waals surface area contributed by atoms with Crippen LogP contribution in [0.15, 0.2) is 36.7 Å². The maximum absolute atomic E-state index is 4.20. The van der Waals surface area contributed by atoms with Gasteiger partial charge in [0.2, 0.25) is 0 Å². The van der Waals surface area contributed by atoms with E-state index in [-0.39, 0.29) is 0 Å². The molecular formula is C14H19N3. The minimum atomic E-state index is 0.380. The van der Waals surface area contributed by atoms with E-state index in [2.05, 4.69) is 53.4 Å². The molecule has 90 valence electrons. The summed E-state index contributed by atoms with van der Waals surface area (Å²) in [6.07, 6.45) is 4.59. The number of aryl methyl sites for hydroxylation is 1. The first kappa shape index (κ1) is 11.9. The van der Waals surface area contributed by atoms with Gasteiger partial charge in [0.05, 0.1) is 0 Å². The molecule has 0 radical (unpaired) electrons. The molecule has 0 amide bonds. The van der Waals surface area contributed by atoms with Crippen LogP contribution >= 0.6 is 0 Å².